The zero-order valence-electron chi connectivity index (χ0n) is 17.7. The summed E-state index contributed by atoms with van der Waals surface area (Å²) in [4.78, 5) is 0. The minimum Gasteiger partial charge on any atom is -0.494 e. The molecule has 1 aliphatic carbocycles. The maximum Gasteiger partial charge on any atom is 0.119 e. The fraction of sp³-hybridized carbons (Fsp3) is 0.538. The number of aliphatic hydroxyl groups excluding tert-OH is 1. The van der Waals surface area contributed by atoms with Crippen LogP contribution in [-0.4, -0.2) is 24.4 Å². The highest BCUT2D eigenvalue weighted by molar-refractivity contribution is 5.30. The molecule has 0 saturated heterocycles. The van der Waals surface area contributed by atoms with E-state index in [-0.39, 0.29) is 0 Å². The molecule has 0 unspecified atom stereocenters. The second-order valence-electron chi connectivity index (χ2n) is 8.15. The molecule has 2 aromatic carbocycles. The van der Waals surface area contributed by atoms with Crippen molar-refractivity contribution in [3.8, 4) is 11.5 Å². The minimum absolute atomic E-state index is 0.292. The summed E-state index contributed by atoms with van der Waals surface area (Å²) in [6, 6.07) is 17.1. The highest BCUT2D eigenvalue weighted by atomic mass is 16.5. The molecular weight excluding hydrogens is 360 g/mol. The molecule has 3 heteroatoms. The summed E-state index contributed by atoms with van der Waals surface area (Å²) in [5.74, 6) is 1.96. The number of hydrogen-bond acceptors (Lipinski definition) is 3. The third-order valence-electron chi connectivity index (χ3n) is 5.73. The van der Waals surface area contributed by atoms with Gasteiger partial charge in [0.05, 0.1) is 12.7 Å². The van der Waals surface area contributed by atoms with Gasteiger partial charge in [0.15, 0.2) is 0 Å². The maximum atomic E-state index is 8.78. The lowest BCUT2D eigenvalue weighted by molar-refractivity contribution is 0.155. The summed E-state index contributed by atoms with van der Waals surface area (Å²) in [7, 11) is 0. The standard InChI is InChI=1S/C26H36O3/c27-20-6-1-2-7-21-28-24-16-12-22(13-17-24)10-11-23-14-18-26(19-15-23)29-25-8-4-3-5-9-25/h12-19,25,27H,1-11,20-21H2. The van der Waals surface area contributed by atoms with E-state index in [0.29, 0.717) is 12.7 Å². The molecule has 1 saturated carbocycles. The summed E-state index contributed by atoms with van der Waals surface area (Å²) in [5.41, 5.74) is 2.69. The van der Waals surface area contributed by atoms with Gasteiger partial charge in [0.25, 0.3) is 0 Å². The van der Waals surface area contributed by atoms with E-state index in [1.807, 2.05) is 0 Å². The average molecular weight is 397 g/mol. The number of ether oxygens (including phenoxy) is 2. The van der Waals surface area contributed by atoms with E-state index in [2.05, 4.69) is 48.5 Å². The van der Waals surface area contributed by atoms with Gasteiger partial charge in [0.2, 0.25) is 0 Å². The Bertz CT molecular complexity index is 672. The molecule has 29 heavy (non-hydrogen) atoms. The van der Waals surface area contributed by atoms with Crippen LogP contribution in [0.2, 0.25) is 0 Å². The van der Waals surface area contributed by atoms with Crippen LogP contribution in [0.3, 0.4) is 0 Å². The van der Waals surface area contributed by atoms with Gasteiger partial charge in [-0.1, -0.05) is 37.1 Å². The molecule has 1 aliphatic rings. The highest BCUT2D eigenvalue weighted by Crippen LogP contribution is 2.24. The zero-order chi connectivity index (χ0) is 20.2. The lowest BCUT2D eigenvalue weighted by atomic mass is 9.98. The Hall–Kier alpha value is -2.00. The summed E-state index contributed by atoms with van der Waals surface area (Å²) < 4.78 is 11.9. The summed E-state index contributed by atoms with van der Waals surface area (Å²) >= 11 is 0. The molecule has 3 rings (SSSR count). The Morgan fingerprint density at radius 2 is 1.28 bits per heavy atom. The Morgan fingerprint density at radius 1 is 0.690 bits per heavy atom. The molecule has 0 heterocycles. The fourth-order valence-electron chi connectivity index (χ4n) is 3.91. The van der Waals surface area contributed by atoms with E-state index in [0.717, 1.165) is 56.6 Å². The highest BCUT2D eigenvalue weighted by Gasteiger charge is 2.14. The molecule has 0 amide bonds. The van der Waals surface area contributed by atoms with Gasteiger partial charge >= 0.3 is 0 Å². The molecule has 0 atom stereocenters. The molecule has 0 bridgehead atoms. The predicted molar refractivity (Wildman–Crippen MR) is 119 cm³/mol. The molecule has 0 aromatic heterocycles. The summed E-state index contributed by atoms with van der Waals surface area (Å²) in [5, 5.41) is 8.78. The first-order valence-corrected chi connectivity index (χ1v) is 11.4. The maximum absolute atomic E-state index is 8.78. The lowest BCUT2D eigenvalue weighted by Gasteiger charge is -2.23. The first kappa shape index (κ1) is 21.7. The van der Waals surface area contributed by atoms with Crippen molar-refractivity contribution in [2.45, 2.75) is 76.7 Å². The molecule has 1 fully saturated rings. The fourth-order valence-corrected chi connectivity index (χ4v) is 3.91. The van der Waals surface area contributed by atoms with Crippen LogP contribution in [-0.2, 0) is 12.8 Å². The largest absolute Gasteiger partial charge is 0.494 e. The number of rotatable bonds is 12. The van der Waals surface area contributed by atoms with E-state index in [4.69, 9.17) is 14.6 Å². The van der Waals surface area contributed by atoms with Gasteiger partial charge < -0.3 is 14.6 Å². The van der Waals surface area contributed by atoms with E-state index < -0.39 is 0 Å². The van der Waals surface area contributed by atoms with Crippen LogP contribution in [0.5, 0.6) is 11.5 Å². The van der Waals surface area contributed by atoms with E-state index in [1.165, 1.54) is 43.2 Å². The zero-order valence-corrected chi connectivity index (χ0v) is 17.7. The number of aryl methyl sites for hydroxylation is 2. The topological polar surface area (TPSA) is 38.7 Å². The minimum atomic E-state index is 0.292. The van der Waals surface area contributed by atoms with Gasteiger partial charge in [-0.25, -0.2) is 0 Å². The van der Waals surface area contributed by atoms with Crippen molar-refractivity contribution in [2.24, 2.45) is 0 Å². The van der Waals surface area contributed by atoms with Gasteiger partial charge in [-0.2, -0.15) is 0 Å². The molecule has 158 valence electrons. The van der Waals surface area contributed by atoms with Crippen LogP contribution >= 0.6 is 0 Å². The Balaban J connectivity index is 1.36. The summed E-state index contributed by atoms with van der Waals surface area (Å²) in [6.07, 6.45) is 13.0. The Labute approximate surface area is 176 Å². The van der Waals surface area contributed by atoms with Gasteiger partial charge in [-0.3, -0.25) is 0 Å². The number of unbranched alkanes of at least 4 members (excludes halogenated alkanes) is 3. The normalized spacial score (nSPS) is 14.7. The van der Waals surface area contributed by atoms with Crippen LogP contribution in [0, 0.1) is 0 Å². The van der Waals surface area contributed by atoms with Crippen molar-refractivity contribution in [2.75, 3.05) is 13.2 Å². The second kappa shape index (κ2) is 12.5. The molecule has 0 aliphatic heterocycles. The van der Waals surface area contributed by atoms with Crippen molar-refractivity contribution in [1.29, 1.82) is 0 Å². The van der Waals surface area contributed by atoms with Crippen molar-refractivity contribution in [1.82, 2.24) is 0 Å². The lowest BCUT2D eigenvalue weighted by Crippen LogP contribution is -2.19. The van der Waals surface area contributed by atoms with E-state index in [1.54, 1.807) is 0 Å². The monoisotopic (exact) mass is 396 g/mol. The Morgan fingerprint density at radius 3 is 1.90 bits per heavy atom. The van der Waals surface area contributed by atoms with Crippen molar-refractivity contribution in [3.05, 3.63) is 59.7 Å². The molecule has 3 nitrogen and oxygen atoms in total. The molecule has 2 aromatic rings. The molecule has 0 radical (unpaired) electrons. The van der Waals surface area contributed by atoms with Gasteiger partial charge in [0, 0.05) is 6.61 Å². The average Bonchev–Trinajstić information content (AvgIpc) is 2.77. The van der Waals surface area contributed by atoms with Gasteiger partial charge in [0.1, 0.15) is 11.5 Å². The number of hydrogen-bond donors (Lipinski definition) is 1. The van der Waals surface area contributed by atoms with Crippen molar-refractivity contribution < 1.29 is 14.6 Å². The SMILES string of the molecule is OCCCCCCOc1ccc(CCc2ccc(OC3CCCCC3)cc2)cc1. The van der Waals surface area contributed by atoms with Crippen LogP contribution in [0.1, 0.15) is 68.9 Å². The second-order valence-corrected chi connectivity index (χ2v) is 8.15. The smallest absolute Gasteiger partial charge is 0.119 e. The first-order valence-electron chi connectivity index (χ1n) is 11.4. The van der Waals surface area contributed by atoms with E-state index in [9.17, 15) is 0 Å². The quantitative estimate of drug-likeness (QED) is 0.440. The third kappa shape index (κ3) is 8.10. The third-order valence-corrected chi connectivity index (χ3v) is 5.73. The van der Waals surface area contributed by atoms with Crippen LogP contribution in [0.25, 0.3) is 0 Å². The molecule has 0 spiro atoms. The van der Waals surface area contributed by atoms with Crippen LogP contribution in [0.15, 0.2) is 48.5 Å². The van der Waals surface area contributed by atoms with Crippen LogP contribution in [0.4, 0.5) is 0 Å². The molecular formula is C26H36O3. The van der Waals surface area contributed by atoms with Gasteiger partial charge in [-0.05, 0) is 93.2 Å². The number of aliphatic hydroxyl groups is 1. The predicted octanol–water partition coefficient (Wildman–Crippen LogP) is 6.11. The van der Waals surface area contributed by atoms with Crippen molar-refractivity contribution >= 4 is 0 Å². The summed E-state index contributed by atoms with van der Waals surface area (Å²) in [6.45, 7) is 1.04. The first-order chi connectivity index (χ1) is 14.3. The van der Waals surface area contributed by atoms with Crippen molar-refractivity contribution in [3.63, 3.8) is 0 Å². The van der Waals surface area contributed by atoms with Gasteiger partial charge in [-0.15, -0.1) is 0 Å². The Kier molecular flexibility index (Phi) is 9.38. The number of benzene rings is 2. The molecule has 1 N–H and O–H groups in total. The van der Waals surface area contributed by atoms with E-state index >= 15 is 0 Å². The van der Waals surface area contributed by atoms with Crippen LogP contribution < -0.4 is 9.47 Å².